The summed E-state index contributed by atoms with van der Waals surface area (Å²) in [6, 6.07) is 46.9. The van der Waals surface area contributed by atoms with Crippen LogP contribution in [0.1, 0.15) is 33.2 Å². The molecule has 0 aliphatic carbocycles. The Morgan fingerprint density at radius 2 is 1.16 bits per heavy atom. The first-order valence-electron chi connectivity index (χ1n) is 18.0. The summed E-state index contributed by atoms with van der Waals surface area (Å²) in [6.45, 7) is 6.17. The van der Waals surface area contributed by atoms with Gasteiger partial charge in [0.05, 0.1) is 33.5 Å². The number of nitrogens with zero attached hydrogens (tertiary/aromatic N) is 5. The van der Waals surface area contributed by atoms with E-state index in [1.165, 1.54) is 4.90 Å². The van der Waals surface area contributed by atoms with E-state index < -0.39 is 0 Å². The molecular formula is C48H33N5O2. The fourth-order valence-electron chi connectivity index (χ4n) is 7.29. The summed E-state index contributed by atoms with van der Waals surface area (Å²) in [5.41, 5.74) is 7.58. The molecule has 0 atom stereocenters. The lowest BCUT2D eigenvalue weighted by atomic mass is 10.0. The summed E-state index contributed by atoms with van der Waals surface area (Å²) in [7, 11) is 0. The maximum atomic E-state index is 14.6. The van der Waals surface area contributed by atoms with Gasteiger partial charge in [-0.25, -0.2) is 19.9 Å². The first kappa shape index (κ1) is 33.3. The van der Waals surface area contributed by atoms with Gasteiger partial charge in [0.2, 0.25) is 0 Å². The van der Waals surface area contributed by atoms with Gasteiger partial charge in [-0.3, -0.25) is 9.59 Å². The first-order chi connectivity index (χ1) is 27.0. The molecule has 2 aromatic heterocycles. The summed E-state index contributed by atoms with van der Waals surface area (Å²) >= 11 is 0. The van der Waals surface area contributed by atoms with Gasteiger partial charge in [-0.05, 0) is 55.0 Å². The van der Waals surface area contributed by atoms with Crippen LogP contribution in [-0.2, 0) is 0 Å². The van der Waals surface area contributed by atoms with Gasteiger partial charge in [0, 0.05) is 33.0 Å². The van der Waals surface area contributed by atoms with Crippen molar-refractivity contribution < 1.29 is 9.59 Å². The quantitative estimate of drug-likeness (QED) is 0.116. The molecule has 1 aliphatic rings. The van der Waals surface area contributed by atoms with E-state index >= 15 is 0 Å². The smallest absolute Gasteiger partial charge is 0.268 e. The van der Waals surface area contributed by atoms with E-state index in [0.717, 1.165) is 38.5 Å². The second-order valence-electron chi connectivity index (χ2n) is 13.2. The third-order valence-electron chi connectivity index (χ3n) is 9.86. The maximum Gasteiger partial charge on any atom is 0.268 e. The van der Waals surface area contributed by atoms with Gasteiger partial charge >= 0.3 is 0 Å². The van der Waals surface area contributed by atoms with Gasteiger partial charge in [-0.15, -0.1) is 0 Å². The number of rotatable bonds is 8. The van der Waals surface area contributed by atoms with Crippen LogP contribution in [0.25, 0.3) is 67.2 Å². The monoisotopic (exact) mass is 711 g/mol. The summed E-state index contributed by atoms with van der Waals surface area (Å²) in [6.07, 6.45) is 7.59. The van der Waals surface area contributed by atoms with E-state index in [4.69, 9.17) is 15.0 Å². The normalized spacial score (nSPS) is 12.8. The molecule has 0 unspecified atom stereocenters. The van der Waals surface area contributed by atoms with Crippen LogP contribution in [0.15, 0.2) is 176 Å². The molecule has 0 fully saturated rings. The molecule has 7 nitrogen and oxygen atoms in total. The lowest BCUT2D eigenvalue weighted by Gasteiger charge is -2.18. The van der Waals surface area contributed by atoms with Crippen molar-refractivity contribution in [3.05, 3.63) is 193 Å². The summed E-state index contributed by atoms with van der Waals surface area (Å²) in [5, 5.41) is 1.94. The summed E-state index contributed by atoms with van der Waals surface area (Å²) < 4.78 is 2.07. The number of carbonyl (C=O) groups excluding carboxylic acids is 2. The highest BCUT2D eigenvalue weighted by molar-refractivity contribution is 6.36. The molecule has 0 saturated carbocycles. The van der Waals surface area contributed by atoms with Crippen molar-refractivity contribution in [2.45, 2.75) is 6.92 Å². The number of amides is 2. The van der Waals surface area contributed by atoms with Gasteiger partial charge in [0.15, 0.2) is 17.5 Å². The van der Waals surface area contributed by atoms with Crippen molar-refractivity contribution in [3.8, 4) is 39.9 Å². The van der Waals surface area contributed by atoms with Crippen LogP contribution in [0.3, 0.4) is 0 Å². The van der Waals surface area contributed by atoms with Crippen LogP contribution in [-0.4, -0.2) is 31.3 Å². The molecule has 55 heavy (non-hydrogen) atoms. The summed E-state index contributed by atoms with van der Waals surface area (Å²) in [4.78, 5) is 44.8. The van der Waals surface area contributed by atoms with E-state index in [0.29, 0.717) is 51.1 Å². The molecule has 0 bridgehead atoms. The largest absolute Gasteiger partial charge is 0.308 e. The van der Waals surface area contributed by atoms with E-state index in [1.807, 2.05) is 153 Å². The number of imide groups is 1. The fourth-order valence-corrected chi connectivity index (χ4v) is 7.29. The van der Waals surface area contributed by atoms with Gasteiger partial charge in [0.25, 0.3) is 11.8 Å². The molecule has 1 aliphatic heterocycles. The lowest BCUT2D eigenvalue weighted by Crippen LogP contribution is -2.30. The van der Waals surface area contributed by atoms with Crippen LogP contribution < -0.4 is 4.90 Å². The Hall–Kier alpha value is -7.51. The minimum atomic E-state index is -0.386. The minimum absolute atomic E-state index is 0.349. The molecule has 7 heteroatoms. The highest BCUT2D eigenvalue weighted by atomic mass is 16.2. The van der Waals surface area contributed by atoms with Crippen LogP contribution in [0.2, 0.25) is 0 Å². The molecule has 2 amide bonds. The van der Waals surface area contributed by atoms with E-state index in [9.17, 15) is 9.59 Å². The molecule has 0 spiro atoms. The van der Waals surface area contributed by atoms with Crippen LogP contribution in [0.5, 0.6) is 0 Å². The van der Waals surface area contributed by atoms with Crippen LogP contribution >= 0.6 is 0 Å². The maximum absolute atomic E-state index is 14.6. The van der Waals surface area contributed by atoms with Gasteiger partial charge in [0.1, 0.15) is 0 Å². The number of benzene rings is 6. The fraction of sp³-hybridized carbons (Fsp3) is 0.0208. The number of allylic oxidation sites excluding steroid dienone is 5. The van der Waals surface area contributed by atoms with Crippen molar-refractivity contribution >= 4 is 44.9 Å². The Kier molecular flexibility index (Phi) is 8.36. The minimum Gasteiger partial charge on any atom is -0.308 e. The van der Waals surface area contributed by atoms with Crippen molar-refractivity contribution in [2.24, 2.45) is 0 Å². The molecule has 0 radical (unpaired) electrons. The highest BCUT2D eigenvalue weighted by Crippen LogP contribution is 2.40. The third kappa shape index (κ3) is 5.75. The average molecular weight is 712 g/mol. The molecular weight excluding hydrogens is 679 g/mol. The molecule has 9 rings (SSSR count). The van der Waals surface area contributed by atoms with E-state index in [2.05, 4.69) is 23.3 Å². The van der Waals surface area contributed by atoms with Gasteiger partial charge < -0.3 is 4.57 Å². The number of hydrogen-bond donors (Lipinski definition) is 0. The molecule has 6 aromatic carbocycles. The van der Waals surface area contributed by atoms with Crippen LogP contribution in [0.4, 0.5) is 5.69 Å². The Balaban J connectivity index is 1.19. The zero-order chi connectivity index (χ0) is 37.5. The molecule has 262 valence electrons. The highest BCUT2D eigenvalue weighted by Gasteiger charge is 2.40. The summed E-state index contributed by atoms with van der Waals surface area (Å²) in [5.74, 6) is 0.949. The number of hydrogen-bond acceptors (Lipinski definition) is 5. The molecule has 3 heterocycles. The number of fused-ring (bicyclic) bond motifs is 4. The standard InChI is InChI=1S/C48H33N5O2/c1-3-4-7-17-31(2)35-22-12-14-25-39(35)53-47(54)37-24-16-27-42(43(37)48(53)55)52-40-26-15-13-23-36(40)38-30-34(28-29-41(38)52)46-50-44(32-18-8-5-9-19-32)49-45(51-46)33-20-10-6-11-21-33/h3-30H,2H2,1H3/b4-3-,17-7-. The van der Waals surface area contributed by atoms with E-state index in [-0.39, 0.29) is 11.8 Å². The van der Waals surface area contributed by atoms with Crippen molar-refractivity contribution in [1.82, 2.24) is 19.5 Å². The average Bonchev–Trinajstić information content (AvgIpc) is 3.71. The lowest BCUT2D eigenvalue weighted by molar-refractivity contribution is 0.0926. The number of anilines is 1. The Morgan fingerprint density at radius 1 is 0.564 bits per heavy atom. The molecule has 0 N–H and O–H groups in total. The topological polar surface area (TPSA) is 81.0 Å². The van der Waals surface area contributed by atoms with Gasteiger partial charge in [-0.1, -0.05) is 134 Å². The SMILES string of the molecule is C=C(/C=C\C=C/C)c1ccccc1N1C(=O)c2cccc(-n3c4ccccc4c4cc(-c5nc(-c6ccccc6)nc(-c6ccccc6)n5)ccc43)c2C1=O. The molecule has 8 aromatic rings. The molecule has 0 saturated heterocycles. The first-order valence-corrected chi connectivity index (χ1v) is 18.0. The second kappa shape index (κ2) is 13.8. The number of para-hydroxylation sites is 2. The predicted octanol–water partition coefficient (Wildman–Crippen LogP) is 10.9. The van der Waals surface area contributed by atoms with Crippen molar-refractivity contribution in [3.63, 3.8) is 0 Å². The number of aromatic nitrogens is 4. The Labute approximate surface area is 317 Å². The Bertz CT molecular complexity index is 2830. The third-order valence-corrected chi connectivity index (χ3v) is 9.86. The van der Waals surface area contributed by atoms with Crippen molar-refractivity contribution in [1.29, 1.82) is 0 Å². The predicted molar refractivity (Wildman–Crippen MR) is 221 cm³/mol. The number of carbonyl (C=O) groups is 2. The Morgan fingerprint density at radius 3 is 1.87 bits per heavy atom. The van der Waals surface area contributed by atoms with Gasteiger partial charge in [-0.2, -0.15) is 0 Å². The van der Waals surface area contributed by atoms with Crippen LogP contribution in [0, 0.1) is 0 Å². The van der Waals surface area contributed by atoms with E-state index in [1.54, 1.807) is 12.1 Å². The zero-order valence-electron chi connectivity index (χ0n) is 29.9. The zero-order valence-corrected chi connectivity index (χ0v) is 29.9. The second-order valence-corrected chi connectivity index (χ2v) is 13.2. The van der Waals surface area contributed by atoms with Crippen molar-refractivity contribution in [2.75, 3.05) is 4.90 Å².